The van der Waals surface area contributed by atoms with Crippen LogP contribution in [0.15, 0.2) is 6.07 Å². The Labute approximate surface area is 138 Å². The molecule has 0 radical (unpaired) electrons. The van der Waals surface area contributed by atoms with Crippen LogP contribution in [0.3, 0.4) is 0 Å². The van der Waals surface area contributed by atoms with Crippen LogP contribution >= 0.6 is 0 Å². The van der Waals surface area contributed by atoms with E-state index in [4.69, 9.17) is 0 Å². The lowest BCUT2D eigenvalue weighted by Crippen LogP contribution is -2.60. The number of hydrogen-bond donors (Lipinski definition) is 2. The number of nitrogens with zero attached hydrogens (tertiary/aromatic N) is 5. The quantitative estimate of drug-likeness (QED) is 0.868. The number of aromatic nitrogens is 5. The Balaban J connectivity index is 1.72. The zero-order chi connectivity index (χ0) is 16.9. The van der Waals surface area contributed by atoms with Crippen LogP contribution in [0.1, 0.15) is 26.7 Å². The number of aromatic amines is 1. The monoisotopic (exact) mass is 333 g/mol. The molecular formula is C15H20FN7O. The van der Waals surface area contributed by atoms with Crippen molar-refractivity contribution < 1.29 is 9.18 Å². The summed E-state index contributed by atoms with van der Waals surface area (Å²) in [7, 11) is 0. The number of H-pyrrole nitrogens is 1. The Morgan fingerprint density at radius 2 is 2.17 bits per heavy atom. The van der Waals surface area contributed by atoms with Gasteiger partial charge in [-0.1, -0.05) is 0 Å². The Bertz CT molecular complexity index is 777. The number of carbonyl (C=O) groups is 1. The molecule has 0 spiro atoms. The van der Waals surface area contributed by atoms with Crippen LogP contribution in [-0.2, 0) is 11.3 Å². The maximum Gasteiger partial charge on any atom is 0.240 e. The fourth-order valence-corrected chi connectivity index (χ4v) is 3.16. The summed E-state index contributed by atoms with van der Waals surface area (Å²) in [6, 6.07) is 1.31. The first kappa shape index (κ1) is 15.1. The van der Waals surface area contributed by atoms with Gasteiger partial charge in [-0.15, -0.1) is 10.2 Å². The summed E-state index contributed by atoms with van der Waals surface area (Å²) < 4.78 is 15.3. The van der Waals surface area contributed by atoms with Crippen molar-refractivity contribution in [2.45, 2.75) is 38.8 Å². The van der Waals surface area contributed by atoms with Crippen LogP contribution in [0.4, 0.5) is 10.3 Å². The van der Waals surface area contributed by atoms with Crippen LogP contribution < -0.4 is 10.2 Å². The minimum atomic E-state index is -0.508. The number of hydrogen-bond acceptors (Lipinski definition) is 5. The minimum absolute atomic E-state index is 0.0421. The van der Waals surface area contributed by atoms with Crippen molar-refractivity contribution in [3.05, 3.63) is 12.0 Å². The number of halogens is 1. The second-order valence-electron chi connectivity index (χ2n) is 7.27. The maximum absolute atomic E-state index is 13.3. The first-order valence-electron chi connectivity index (χ1n) is 8.12. The summed E-state index contributed by atoms with van der Waals surface area (Å²) in [4.78, 5) is 13.9. The number of nitrogens with one attached hydrogen (secondary N) is 2. The van der Waals surface area contributed by atoms with Crippen molar-refractivity contribution in [1.29, 1.82) is 0 Å². The van der Waals surface area contributed by atoms with E-state index in [2.05, 4.69) is 25.7 Å². The van der Waals surface area contributed by atoms with E-state index in [1.165, 1.54) is 6.07 Å². The van der Waals surface area contributed by atoms with Gasteiger partial charge < -0.3 is 10.2 Å². The van der Waals surface area contributed by atoms with E-state index in [1.807, 2.05) is 23.3 Å². The first-order chi connectivity index (χ1) is 11.4. The molecule has 3 heterocycles. The first-order valence-corrected chi connectivity index (χ1v) is 8.12. The molecule has 4 rings (SSSR count). The van der Waals surface area contributed by atoms with E-state index in [-0.39, 0.29) is 18.0 Å². The van der Waals surface area contributed by atoms with Gasteiger partial charge in [0, 0.05) is 19.2 Å². The molecule has 2 N–H and O–H groups in total. The highest BCUT2D eigenvalue weighted by molar-refractivity contribution is 5.83. The molecule has 2 aromatic rings. The van der Waals surface area contributed by atoms with Gasteiger partial charge in [-0.3, -0.25) is 14.5 Å². The third-order valence-corrected chi connectivity index (χ3v) is 4.33. The molecule has 0 aromatic carbocycles. The smallest absolute Gasteiger partial charge is 0.240 e. The van der Waals surface area contributed by atoms with Crippen LogP contribution in [0.25, 0.3) is 11.5 Å². The van der Waals surface area contributed by atoms with E-state index < -0.39 is 5.95 Å². The molecule has 1 saturated carbocycles. The van der Waals surface area contributed by atoms with Gasteiger partial charge in [0.1, 0.15) is 5.69 Å². The Morgan fingerprint density at radius 3 is 2.79 bits per heavy atom. The molecule has 128 valence electrons. The predicted molar refractivity (Wildman–Crippen MR) is 84.7 cm³/mol. The molecule has 1 aliphatic heterocycles. The van der Waals surface area contributed by atoms with Crippen molar-refractivity contribution in [1.82, 2.24) is 30.3 Å². The molecule has 2 aliphatic rings. The third-order valence-electron chi connectivity index (χ3n) is 4.33. The molecule has 2 fully saturated rings. The second-order valence-corrected chi connectivity index (χ2v) is 7.27. The average molecular weight is 333 g/mol. The summed E-state index contributed by atoms with van der Waals surface area (Å²) in [6.07, 6.45) is 2.33. The van der Waals surface area contributed by atoms with Crippen LogP contribution in [0, 0.1) is 11.9 Å². The molecule has 0 unspecified atom stereocenters. The normalized spacial score (nSPS) is 20.3. The highest BCUT2D eigenvalue weighted by atomic mass is 19.1. The molecule has 1 amide bonds. The highest BCUT2D eigenvalue weighted by Crippen LogP contribution is 2.34. The highest BCUT2D eigenvalue weighted by Gasteiger charge is 2.35. The Morgan fingerprint density at radius 1 is 1.38 bits per heavy atom. The summed E-state index contributed by atoms with van der Waals surface area (Å²) in [5.74, 6) is 1.20. The lowest BCUT2D eigenvalue weighted by molar-refractivity contribution is -0.122. The lowest BCUT2D eigenvalue weighted by atomic mass is 10.0. The van der Waals surface area contributed by atoms with E-state index in [9.17, 15) is 9.18 Å². The molecule has 2 aromatic heterocycles. The van der Waals surface area contributed by atoms with Gasteiger partial charge in [0.2, 0.25) is 17.8 Å². The fraction of sp³-hybridized carbons (Fsp3) is 0.600. The van der Waals surface area contributed by atoms with Crippen molar-refractivity contribution in [3.8, 4) is 11.5 Å². The topological polar surface area (TPSA) is 91.7 Å². The predicted octanol–water partition coefficient (Wildman–Crippen LogP) is 0.932. The zero-order valence-electron chi connectivity index (χ0n) is 13.7. The van der Waals surface area contributed by atoms with Crippen LogP contribution in [0.2, 0.25) is 0 Å². The van der Waals surface area contributed by atoms with Crippen molar-refractivity contribution >= 4 is 11.9 Å². The SMILES string of the molecule is CC1(C)CN(c2nnc(-c3cc(F)[nH]n3)n2CC2CC2)CC(=O)N1. The van der Waals surface area contributed by atoms with Crippen LogP contribution in [0.5, 0.6) is 0 Å². The largest absolute Gasteiger partial charge is 0.348 e. The molecule has 0 atom stereocenters. The maximum atomic E-state index is 13.3. The minimum Gasteiger partial charge on any atom is -0.348 e. The van der Waals surface area contributed by atoms with Gasteiger partial charge in [0.05, 0.1) is 12.1 Å². The van der Waals surface area contributed by atoms with Crippen molar-refractivity contribution in [2.24, 2.45) is 5.92 Å². The van der Waals surface area contributed by atoms with Crippen LogP contribution in [-0.4, -0.2) is 49.5 Å². The molecule has 1 saturated heterocycles. The molecule has 0 bridgehead atoms. The fourth-order valence-electron chi connectivity index (χ4n) is 3.16. The van der Waals surface area contributed by atoms with E-state index >= 15 is 0 Å². The van der Waals surface area contributed by atoms with E-state index in [1.54, 1.807) is 0 Å². The van der Waals surface area contributed by atoms with E-state index in [0.29, 0.717) is 29.9 Å². The van der Waals surface area contributed by atoms with Gasteiger partial charge in [-0.2, -0.15) is 9.49 Å². The van der Waals surface area contributed by atoms with Crippen molar-refractivity contribution in [3.63, 3.8) is 0 Å². The van der Waals surface area contributed by atoms with Gasteiger partial charge in [-0.25, -0.2) is 0 Å². The molecular weight excluding hydrogens is 313 g/mol. The standard InChI is InChI=1S/C15H20FN7O/c1-15(2)8-22(7-12(24)17-15)14-21-20-13(10-5-11(16)19-18-10)23(14)6-9-3-4-9/h5,9H,3-4,6-8H2,1-2H3,(H,17,24)(H,18,19). The number of rotatable bonds is 4. The third kappa shape index (κ3) is 2.85. The molecule has 1 aliphatic carbocycles. The number of piperazine rings is 1. The van der Waals surface area contributed by atoms with Gasteiger partial charge in [0.15, 0.2) is 5.82 Å². The second kappa shape index (κ2) is 5.29. The summed E-state index contributed by atoms with van der Waals surface area (Å²) >= 11 is 0. The van der Waals surface area contributed by atoms with Gasteiger partial charge >= 0.3 is 0 Å². The van der Waals surface area contributed by atoms with E-state index in [0.717, 1.165) is 19.4 Å². The zero-order valence-corrected chi connectivity index (χ0v) is 13.7. The molecule has 9 heteroatoms. The molecule has 24 heavy (non-hydrogen) atoms. The Kier molecular flexibility index (Phi) is 3.33. The summed E-state index contributed by atoms with van der Waals surface area (Å²) in [5.41, 5.74) is 0.0808. The number of anilines is 1. The average Bonchev–Trinajstić information content (AvgIpc) is 3.03. The Hall–Kier alpha value is -2.45. The van der Waals surface area contributed by atoms with Gasteiger partial charge in [-0.05, 0) is 32.6 Å². The van der Waals surface area contributed by atoms with Crippen molar-refractivity contribution in [2.75, 3.05) is 18.0 Å². The van der Waals surface area contributed by atoms with Gasteiger partial charge in [0.25, 0.3) is 0 Å². The molecule has 8 nitrogen and oxygen atoms in total. The number of amides is 1. The number of carbonyl (C=O) groups excluding carboxylic acids is 1. The lowest BCUT2D eigenvalue weighted by Gasteiger charge is -2.38. The summed E-state index contributed by atoms with van der Waals surface area (Å²) in [5, 5.41) is 17.7. The summed E-state index contributed by atoms with van der Waals surface area (Å²) in [6.45, 7) is 5.58.